The molecule has 0 spiro atoms. The third-order valence-corrected chi connectivity index (χ3v) is 2.74. The SMILES string of the molecule is CCC(CC)Nc1cc(C)ccc1C. The van der Waals surface area contributed by atoms with Gasteiger partial charge in [-0.3, -0.25) is 0 Å². The highest BCUT2D eigenvalue weighted by Crippen LogP contribution is 2.18. The van der Waals surface area contributed by atoms with Crippen molar-refractivity contribution in [3.63, 3.8) is 0 Å². The molecule has 1 N–H and O–H groups in total. The third-order valence-electron chi connectivity index (χ3n) is 2.74. The fourth-order valence-electron chi connectivity index (χ4n) is 1.60. The molecule has 1 aromatic rings. The topological polar surface area (TPSA) is 12.0 Å². The Morgan fingerprint density at radius 2 is 1.79 bits per heavy atom. The molecule has 0 bridgehead atoms. The molecule has 0 unspecified atom stereocenters. The van der Waals surface area contributed by atoms with E-state index in [0.717, 1.165) is 0 Å². The fraction of sp³-hybridized carbons (Fsp3) is 0.538. The van der Waals surface area contributed by atoms with Crippen molar-refractivity contribution in [2.75, 3.05) is 5.32 Å². The van der Waals surface area contributed by atoms with Crippen LogP contribution in [0, 0.1) is 13.8 Å². The third kappa shape index (κ3) is 2.76. The molecular formula is C13H21N. The van der Waals surface area contributed by atoms with Gasteiger partial charge in [0.05, 0.1) is 0 Å². The standard InChI is InChI=1S/C13H21N/c1-5-12(6-2)14-13-9-10(3)7-8-11(13)4/h7-9,12,14H,5-6H2,1-4H3. The maximum absolute atomic E-state index is 3.59. The van der Waals surface area contributed by atoms with Crippen molar-refractivity contribution < 1.29 is 0 Å². The molecule has 0 saturated heterocycles. The summed E-state index contributed by atoms with van der Waals surface area (Å²) in [6.45, 7) is 8.75. The zero-order chi connectivity index (χ0) is 10.6. The van der Waals surface area contributed by atoms with Gasteiger partial charge in [-0.05, 0) is 43.9 Å². The van der Waals surface area contributed by atoms with E-state index < -0.39 is 0 Å². The largest absolute Gasteiger partial charge is 0.382 e. The van der Waals surface area contributed by atoms with Crippen LogP contribution in [0.2, 0.25) is 0 Å². The summed E-state index contributed by atoms with van der Waals surface area (Å²) in [6.07, 6.45) is 2.37. The Labute approximate surface area is 87.5 Å². The molecule has 0 aliphatic carbocycles. The first-order valence-electron chi connectivity index (χ1n) is 5.51. The zero-order valence-electron chi connectivity index (χ0n) is 9.72. The summed E-state index contributed by atoms with van der Waals surface area (Å²) >= 11 is 0. The van der Waals surface area contributed by atoms with E-state index in [2.05, 4.69) is 51.2 Å². The van der Waals surface area contributed by atoms with E-state index in [-0.39, 0.29) is 0 Å². The molecule has 78 valence electrons. The number of benzene rings is 1. The highest BCUT2D eigenvalue weighted by atomic mass is 14.9. The summed E-state index contributed by atoms with van der Waals surface area (Å²) in [7, 11) is 0. The van der Waals surface area contributed by atoms with Crippen molar-refractivity contribution in [2.24, 2.45) is 0 Å². The maximum Gasteiger partial charge on any atom is 0.0374 e. The Hall–Kier alpha value is -0.980. The number of nitrogens with one attached hydrogen (secondary N) is 1. The van der Waals surface area contributed by atoms with E-state index in [9.17, 15) is 0 Å². The lowest BCUT2D eigenvalue weighted by Gasteiger charge is -2.18. The Bertz CT molecular complexity index is 287. The van der Waals surface area contributed by atoms with Crippen molar-refractivity contribution in [3.8, 4) is 0 Å². The van der Waals surface area contributed by atoms with Crippen LogP contribution in [-0.2, 0) is 0 Å². The quantitative estimate of drug-likeness (QED) is 0.761. The molecule has 1 nitrogen and oxygen atoms in total. The number of hydrogen-bond acceptors (Lipinski definition) is 1. The first kappa shape index (κ1) is 11.1. The molecule has 1 rings (SSSR count). The molecule has 0 aromatic heterocycles. The number of rotatable bonds is 4. The van der Waals surface area contributed by atoms with Crippen LogP contribution in [0.1, 0.15) is 37.8 Å². The minimum atomic E-state index is 0.607. The van der Waals surface area contributed by atoms with Crippen LogP contribution in [0.3, 0.4) is 0 Å². The van der Waals surface area contributed by atoms with Gasteiger partial charge in [-0.25, -0.2) is 0 Å². The maximum atomic E-state index is 3.59. The van der Waals surface area contributed by atoms with Gasteiger partial charge in [0.15, 0.2) is 0 Å². The monoisotopic (exact) mass is 191 g/mol. The van der Waals surface area contributed by atoms with Gasteiger partial charge < -0.3 is 5.32 Å². The molecule has 0 heterocycles. The molecule has 0 aliphatic heterocycles. The molecule has 14 heavy (non-hydrogen) atoms. The van der Waals surface area contributed by atoms with Crippen LogP contribution in [0.25, 0.3) is 0 Å². The first-order valence-corrected chi connectivity index (χ1v) is 5.51. The average molecular weight is 191 g/mol. The van der Waals surface area contributed by atoms with Crippen LogP contribution in [0.4, 0.5) is 5.69 Å². The van der Waals surface area contributed by atoms with E-state index in [1.54, 1.807) is 0 Å². The van der Waals surface area contributed by atoms with Gasteiger partial charge in [0.1, 0.15) is 0 Å². The van der Waals surface area contributed by atoms with Gasteiger partial charge in [0, 0.05) is 11.7 Å². The molecule has 0 radical (unpaired) electrons. The van der Waals surface area contributed by atoms with Crippen LogP contribution < -0.4 is 5.32 Å². The smallest absolute Gasteiger partial charge is 0.0374 e. The molecule has 0 amide bonds. The molecule has 0 fully saturated rings. The summed E-state index contributed by atoms with van der Waals surface area (Å²) in [5.74, 6) is 0. The summed E-state index contributed by atoms with van der Waals surface area (Å²) in [6, 6.07) is 7.18. The molecule has 1 heteroatoms. The van der Waals surface area contributed by atoms with Crippen LogP contribution in [0.15, 0.2) is 18.2 Å². The Kier molecular flexibility index (Phi) is 3.99. The molecule has 0 atom stereocenters. The Morgan fingerprint density at radius 1 is 1.14 bits per heavy atom. The van der Waals surface area contributed by atoms with Crippen LogP contribution >= 0.6 is 0 Å². The fourth-order valence-corrected chi connectivity index (χ4v) is 1.60. The summed E-state index contributed by atoms with van der Waals surface area (Å²) < 4.78 is 0. The van der Waals surface area contributed by atoms with Gasteiger partial charge in [0.2, 0.25) is 0 Å². The first-order chi connectivity index (χ1) is 6.67. The average Bonchev–Trinajstić information content (AvgIpc) is 2.19. The minimum absolute atomic E-state index is 0.607. The number of aryl methyl sites for hydroxylation is 2. The molecular weight excluding hydrogens is 170 g/mol. The van der Waals surface area contributed by atoms with Gasteiger partial charge in [-0.15, -0.1) is 0 Å². The van der Waals surface area contributed by atoms with Gasteiger partial charge >= 0.3 is 0 Å². The zero-order valence-corrected chi connectivity index (χ0v) is 9.72. The van der Waals surface area contributed by atoms with E-state index >= 15 is 0 Å². The van der Waals surface area contributed by atoms with Crippen molar-refractivity contribution in [1.29, 1.82) is 0 Å². The lowest BCUT2D eigenvalue weighted by molar-refractivity contribution is 0.671. The van der Waals surface area contributed by atoms with Crippen molar-refractivity contribution >= 4 is 5.69 Å². The summed E-state index contributed by atoms with van der Waals surface area (Å²) in [5, 5.41) is 3.59. The Morgan fingerprint density at radius 3 is 2.36 bits per heavy atom. The predicted octanol–water partition coefficient (Wildman–Crippen LogP) is 3.90. The number of hydrogen-bond donors (Lipinski definition) is 1. The van der Waals surface area contributed by atoms with E-state index in [0.29, 0.717) is 6.04 Å². The molecule has 0 saturated carbocycles. The lowest BCUT2D eigenvalue weighted by atomic mass is 10.1. The number of anilines is 1. The van der Waals surface area contributed by atoms with E-state index in [4.69, 9.17) is 0 Å². The molecule has 1 aromatic carbocycles. The van der Waals surface area contributed by atoms with E-state index in [1.807, 2.05) is 0 Å². The second-order valence-corrected chi connectivity index (χ2v) is 3.98. The summed E-state index contributed by atoms with van der Waals surface area (Å²) in [4.78, 5) is 0. The van der Waals surface area contributed by atoms with Crippen molar-refractivity contribution in [2.45, 2.75) is 46.6 Å². The second kappa shape index (κ2) is 5.04. The van der Waals surface area contributed by atoms with Crippen molar-refractivity contribution in [3.05, 3.63) is 29.3 Å². The molecule has 0 aliphatic rings. The normalized spacial score (nSPS) is 10.6. The highest BCUT2D eigenvalue weighted by molar-refractivity contribution is 5.53. The minimum Gasteiger partial charge on any atom is -0.382 e. The van der Waals surface area contributed by atoms with Gasteiger partial charge in [-0.1, -0.05) is 26.0 Å². The van der Waals surface area contributed by atoms with Crippen LogP contribution in [-0.4, -0.2) is 6.04 Å². The highest BCUT2D eigenvalue weighted by Gasteiger charge is 2.04. The lowest BCUT2D eigenvalue weighted by Crippen LogP contribution is -2.17. The van der Waals surface area contributed by atoms with E-state index in [1.165, 1.54) is 29.7 Å². The Balaban J connectivity index is 2.79. The second-order valence-electron chi connectivity index (χ2n) is 3.98. The van der Waals surface area contributed by atoms with Gasteiger partial charge in [0.25, 0.3) is 0 Å². The predicted molar refractivity (Wildman–Crippen MR) is 63.9 cm³/mol. The van der Waals surface area contributed by atoms with Crippen LogP contribution in [0.5, 0.6) is 0 Å². The van der Waals surface area contributed by atoms with Gasteiger partial charge in [-0.2, -0.15) is 0 Å². The summed E-state index contributed by atoms with van der Waals surface area (Å²) in [5.41, 5.74) is 3.95. The van der Waals surface area contributed by atoms with Crippen molar-refractivity contribution in [1.82, 2.24) is 0 Å².